The van der Waals surface area contributed by atoms with E-state index in [0.29, 0.717) is 18.2 Å². The maximum atomic E-state index is 10.9. The number of hydrogen-bond donors (Lipinski definition) is 1. The van der Waals surface area contributed by atoms with Crippen molar-refractivity contribution in [3.63, 3.8) is 0 Å². The molecule has 0 unspecified atom stereocenters. The molecular weight excluding hydrogens is 236 g/mol. The summed E-state index contributed by atoms with van der Waals surface area (Å²) in [6.45, 7) is 2.50. The zero-order chi connectivity index (χ0) is 13.0. The molecule has 2 rings (SSSR count). The Balaban J connectivity index is 2.54. The molecule has 0 aliphatic rings. The second kappa shape index (κ2) is 5.13. The first-order chi connectivity index (χ1) is 8.72. The summed E-state index contributed by atoms with van der Waals surface area (Å²) in [4.78, 5) is 26.2. The molecule has 0 fully saturated rings. The fourth-order valence-electron chi connectivity index (χ4n) is 1.36. The Hall–Kier alpha value is -2.64. The van der Waals surface area contributed by atoms with E-state index in [1.807, 2.05) is 6.92 Å². The summed E-state index contributed by atoms with van der Waals surface area (Å²) >= 11 is 0. The van der Waals surface area contributed by atoms with Gasteiger partial charge in [0.05, 0.1) is 11.1 Å². The van der Waals surface area contributed by atoms with Crippen LogP contribution >= 0.6 is 0 Å². The van der Waals surface area contributed by atoms with Crippen LogP contribution in [-0.2, 0) is 0 Å². The normalized spacial score (nSPS) is 10.1. The molecule has 0 aromatic carbocycles. The summed E-state index contributed by atoms with van der Waals surface area (Å²) in [7, 11) is 0. The highest BCUT2D eigenvalue weighted by Gasteiger charge is 2.19. The first-order valence-electron chi connectivity index (χ1n) is 5.24. The highest BCUT2D eigenvalue weighted by atomic mass is 16.6. The van der Waals surface area contributed by atoms with Crippen molar-refractivity contribution in [1.82, 2.24) is 19.9 Å². The van der Waals surface area contributed by atoms with Crippen molar-refractivity contribution in [2.75, 3.05) is 11.9 Å². The summed E-state index contributed by atoms with van der Waals surface area (Å²) in [5.74, 6) is 0.323. The molecule has 0 radical (unpaired) electrons. The van der Waals surface area contributed by atoms with E-state index in [2.05, 4.69) is 25.3 Å². The number of nitro groups is 1. The van der Waals surface area contributed by atoms with Gasteiger partial charge in [0.1, 0.15) is 11.9 Å². The van der Waals surface area contributed by atoms with Gasteiger partial charge >= 0.3 is 5.69 Å². The molecule has 2 aromatic rings. The molecule has 0 atom stereocenters. The molecule has 0 saturated carbocycles. The van der Waals surface area contributed by atoms with Crippen molar-refractivity contribution in [3.8, 4) is 11.4 Å². The van der Waals surface area contributed by atoms with E-state index in [0.717, 1.165) is 6.20 Å². The average molecular weight is 246 g/mol. The third-order valence-corrected chi connectivity index (χ3v) is 2.11. The molecule has 2 heterocycles. The van der Waals surface area contributed by atoms with Crippen LogP contribution in [0.5, 0.6) is 0 Å². The minimum absolute atomic E-state index is 0.152. The van der Waals surface area contributed by atoms with Crippen molar-refractivity contribution in [2.24, 2.45) is 0 Å². The molecule has 0 saturated heterocycles. The maximum absolute atomic E-state index is 10.9. The van der Waals surface area contributed by atoms with E-state index in [1.54, 1.807) is 0 Å². The Kier molecular flexibility index (Phi) is 3.37. The lowest BCUT2D eigenvalue weighted by Gasteiger charge is -2.04. The Morgan fingerprint density at radius 1 is 1.33 bits per heavy atom. The van der Waals surface area contributed by atoms with Crippen molar-refractivity contribution < 1.29 is 4.92 Å². The lowest BCUT2D eigenvalue weighted by atomic mass is 10.2. The minimum Gasteiger partial charge on any atom is -0.354 e. The molecule has 8 nitrogen and oxygen atoms in total. The van der Waals surface area contributed by atoms with Gasteiger partial charge in [0.25, 0.3) is 0 Å². The maximum Gasteiger partial charge on any atom is 0.315 e. The van der Waals surface area contributed by atoms with Gasteiger partial charge in [-0.1, -0.05) is 0 Å². The molecule has 0 aliphatic carbocycles. The molecule has 92 valence electrons. The molecule has 8 heteroatoms. The second-order valence-electron chi connectivity index (χ2n) is 3.31. The van der Waals surface area contributed by atoms with Crippen LogP contribution in [0.3, 0.4) is 0 Å². The first kappa shape index (κ1) is 11.8. The topological polar surface area (TPSA) is 107 Å². The molecule has 0 amide bonds. The number of anilines is 1. The summed E-state index contributed by atoms with van der Waals surface area (Å²) < 4.78 is 0. The second-order valence-corrected chi connectivity index (χ2v) is 3.31. The van der Waals surface area contributed by atoms with Crippen LogP contribution in [-0.4, -0.2) is 31.4 Å². The van der Waals surface area contributed by atoms with Gasteiger partial charge in [0.15, 0.2) is 5.69 Å². The zero-order valence-electron chi connectivity index (χ0n) is 9.57. The van der Waals surface area contributed by atoms with E-state index in [4.69, 9.17) is 0 Å². The van der Waals surface area contributed by atoms with E-state index in [-0.39, 0.29) is 11.4 Å². The van der Waals surface area contributed by atoms with Crippen LogP contribution in [0, 0.1) is 10.1 Å². The van der Waals surface area contributed by atoms with Crippen LogP contribution in [0.4, 0.5) is 11.6 Å². The zero-order valence-corrected chi connectivity index (χ0v) is 9.57. The van der Waals surface area contributed by atoms with Gasteiger partial charge in [-0.2, -0.15) is 0 Å². The smallest absolute Gasteiger partial charge is 0.315 e. The van der Waals surface area contributed by atoms with Crippen LogP contribution in [0.2, 0.25) is 0 Å². The summed E-state index contributed by atoms with van der Waals surface area (Å²) in [6.07, 6.45) is 5.52. The van der Waals surface area contributed by atoms with Gasteiger partial charge in [0.2, 0.25) is 5.95 Å². The van der Waals surface area contributed by atoms with Gasteiger partial charge in [-0.25, -0.2) is 9.97 Å². The fraction of sp³-hybridized carbons (Fsp3) is 0.200. The van der Waals surface area contributed by atoms with Gasteiger partial charge < -0.3 is 5.32 Å². The highest BCUT2D eigenvalue weighted by Crippen LogP contribution is 2.25. The summed E-state index contributed by atoms with van der Waals surface area (Å²) in [6, 6.07) is 0. The molecular formula is C10H10N6O2. The summed E-state index contributed by atoms with van der Waals surface area (Å²) in [5, 5.41) is 13.8. The molecule has 18 heavy (non-hydrogen) atoms. The van der Waals surface area contributed by atoms with E-state index in [9.17, 15) is 10.1 Å². The highest BCUT2D eigenvalue weighted by molar-refractivity contribution is 5.65. The quantitative estimate of drug-likeness (QED) is 0.639. The van der Waals surface area contributed by atoms with E-state index in [1.165, 1.54) is 18.6 Å². The largest absolute Gasteiger partial charge is 0.354 e. The van der Waals surface area contributed by atoms with Crippen LogP contribution < -0.4 is 5.32 Å². The minimum atomic E-state index is -0.542. The van der Waals surface area contributed by atoms with Gasteiger partial charge in [-0.05, 0) is 6.92 Å². The van der Waals surface area contributed by atoms with E-state index >= 15 is 0 Å². The van der Waals surface area contributed by atoms with Crippen LogP contribution in [0.15, 0.2) is 24.8 Å². The molecule has 0 bridgehead atoms. The van der Waals surface area contributed by atoms with Crippen molar-refractivity contribution in [1.29, 1.82) is 0 Å². The molecule has 0 aliphatic heterocycles. The SMILES string of the molecule is CCNc1ncc([N+](=O)[O-])c(-c2cnccn2)n1. The summed E-state index contributed by atoms with van der Waals surface area (Å²) in [5.41, 5.74) is 0.293. The van der Waals surface area contributed by atoms with Gasteiger partial charge in [-0.15, -0.1) is 0 Å². The third kappa shape index (κ3) is 2.37. The first-order valence-corrected chi connectivity index (χ1v) is 5.24. The number of aromatic nitrogens is 4. The van der Waals surface area contributed by atoms with Crippen molar-refractivity contribution >= 4 is 11.6 Å². The Labute approximate surface area is 102 Å². The lowest BCUT2D eigenvalue weighted by molar-refractivity contribution is -0.384. The van der Waals surface area contributed by atoms with E-state index < -0.39 is 4.92 Å². The number of rotatable bonds is 4. The third-order valence-electron chi connectivity index (χ3n) is 2.11. The number of nitrogens with one attached hydrogen (secondary N) is 1. The van der Waals surface area contributed by atoms with Crippen LogP contribution in [0.25, 0.3) is 11.4 Å². The molecule has 2 aromatic heterocycles. The lowest BCUT2D eigenvalue weighted by Crippen LogP contribution is -2.05. The van der Waals surface area contributed by atoms with Gasteiger partial charge in [-0.3, -0.25) is 20.1 Å². The predicted octanol–water partition coefficient (Wildman–Crippen LogP) is 1.27. The van der Waals surface area contributed by atoms with Crippen molar-refractivity contribution in [3.05, 3.63) is 34.9 Å². The molecule has 1 N–H and O–H groups in total. The Bertz CT molecular complexity index is 560. The Morgan fingerprint density at radius 3 is 2.78 bits per heavy atom. The number of hydrogen-bond acceptors (Lipinski definition) is 7. The fourth-order valence-corrected chi connectivity index (χ4v) is 1.36. The van der Waals surface area contributed by atoms with Crippen molar-refractivity contribution in [2.45, 2.75) is 6.92 Å². The predicted molar refractivity (Wildman–Crippen MR) is 63.9 cm³/mol. The van der Waals surface area contributed by atoms with Crippen LogP contribution in [0.1, 0.15) is 6.92 Å². The molecule has 0 spiro atoms. The Morgan fingerprint density at radius 2 is 2.17 bits per heavy atom. The monoisotopic (exact) mass is 246 g/mol. The standard InChI is InChI=1S/C10H10N6O2/c1-2-12-10-14-6-8(16(17)18)9(15-10)7-5-11-3-4-13-7/h3-6H,2H2,1H3,(H,12,14,15). The van der Waals surface area contributed by atoms with Gasteiger partial charge in [0, 0.05) is 18.9 Å². The number of nitrogens with zero attached hydrogens (tertiary/aromatic N) is 5. The average Bonchev–Trinajstić information content (AvgIpc) is 2.40.